The van der Waals surface area contributed by atoms with Crippen LogP contribution in [-0.2, 0) is 9.59 Å². The van der Waals surface area contributed by atoms with Crippen LogP contribution in [0.5, 0.6) is 0 Å². The maximum absolute atomic E-state index is 11.7. The number of hydrogen-bond donors (Lipinski definition) is 1. The average Bonchev–Trinajstić information content (AvgIpc) is 2.20. The van der Waals surface area contributed by atoms with Gasteiger partial charge in [0.15, 0.2) is 0 Å². The predicted molar refractivity (Wildman–Crippen MR) is 56.2 cm³/mol. The number of carbonyl (C=O) groups is 2. The molecule has 4 nitrogen and oxygen atoms in total. The van der Waals surface area contributed by atoms with E-state index in [2.05, 4.69) is 12.2 Å². The highest BCUT2D eigenvalue weighted by atomic mass is 16.2. The lowest BCUT2D eigenvalue weighted by Crippen LogP contribution is -2.54. The summed E-state index contributed by atoms with van der Waals surface area (Å²) in [5, 5.41) is 3.32. The molecule has 2 unspecified atom stereocenters. The van der Waals surface area contributed by atoms with Crippen molar-refractivity contribution in [3.8, 4) is 0 Å². The molecule has 0 saturated carbocycles. The Morgan fingerprint density at radius 1 is 1.20 bits per heavy atom. The van der Waals surface area contributed by atoms with Gasteiger partial charge < -0.3 is 5.32 Å². The molecule has 2 saturated heterocycles. The lowest BCUT2D eigenvalue weighted by molar-refractivity contribution is -0.151. The predicted octanol–water partition coefficient (Wildman–Crippen LogP) is 0.666. The fourth-order valence-corrected chi connectivity index (χ4v) is 2.38. The van der Waals surface area contributed by atoms with Crippen LogP contribution in [0.4, 0.5) is 0 Å². The zero-order valence-corrected chi connectivity index (χ0v) is 9.16. The van der Waals surface area contributed by atoms with Crippen LogP contribution >= 0.6 is 0 Å². The molecule has 4 heteroatoms. The average molecular weight is 210 g/mol. The highest BCUT2D eigenvalue weighted by Crippen LogP contribution is 2.20. The summed E-state index contributed by atoms with van der Waals surface area (Å²) in [5.74, 6) is 0.0419. The van der Waals surface area contributed by atoms with E-state index in [0.29, 0.717) is 18.9 Å². The maximum Gasteiger partial charge on any atom is 0.229 e. The van der Waals surface area contributed by atoms with Crippen molar-refractivity contribution in [3.63, 3.8) is 0 Å². The fourth-order valence-electron chi connectivity index (χ4n) is 2.38. The fraction of sp³-hybridized carbons (Fsp3) is 0.818. The molecular formula is C11H18N2O2. The molecule has 0 spiro atoms. The van der Waals surface area contributed by atoms with Gasteiger partial charge in [-0.1, -0.05) is 0 Å². The van der Waals surface area contributed by atoms with Crippen LogP contribution in [0.2, 0.25) is 0 Å². The molecule has 0 radical (unpaired) electrons. The summed E-state index contributed by atoms with van der Waals surface area (Å²) in [5.41, 5.74) is 0. The number of carbonyl (C=O) groups excluding carboxylic acids is 2. The van der Waals surface area contributed by atoms with Crippen molar-refractivity contribution in [3.05, 3.63) is 0 Å². The van der Waals surface area contributed by atoms with E-state index in [1.165, 1.54) is 4.90 Å². The van der Waals surface area contributed by atoms with Gasteiger partial charge >= 0.3 is 0 Å². The second kappa shape index (κ2) is 4.31. The molecule has 84 valence electrons. The Morgan fingerprint density at radius 3 is 2.40 bits per heavy atom. The van der Waals surface area contributed by atoms with Gasteiger partial charge in [0.1, 0.15) is 0 Å². The number of piperidine rings is 2. The van der Waals surface area contributed by atoms with Crippen LogP contribution in [-0.4, -0.2) is 35.3 Å². The number of amides is 2. The Hall–Kier alpha value is -0.900. The summed E-state index contributed by atoms with van der Waals surface area (Å²) in [6, 6.07) is 0.609. The van der Waals surface area contributed by atoms with Gasteiger partial charge in [0.2, 0.25) is 11.8 Å². The first-order chi connectivity index (χ1) is 7.18. The lowest BCUT2D eigenvalue weighted by Gasteiger charge is -2.37. The van der Waals surface area contributed by atoms with Gasteiger partial charge in [-0.2, -0.15) is 0 Å². The first-order valence-electron chi connectivity index (χ1n) is 5.77. The summed E-state index contributed by atoms with van der Waals surface area (Å²) in [4.78, 5) is 24.8. The van der Waals surface area contributed by atoms with Crippen LogP contribution in [0.1, 0.15) is 39.0 Å². The van der Waals surface area contributed by atoms with Crippen molar-refractivity contribution in [2.24, 2.45) is 0 Å². The molecule has 0 aromatic heterocycles. The molecule has 2 atom stereocenters. The Kier molecular flexibility index (Phi) is 3.05. The van der Waals surface area contributed by atoms with Crippen molar-refractivity contribution < 1.29 is 9.59 Å². The minimum absolute atomic E-state index is 0.0209. The second-order valence-electron chi connectivity index (χ2n) is 4.55. The monoisotopic (exact) mass is 210 g/mol. The molecule has 0 aromatic carbocycles. The van der Waals surface area contributed by atoms with E-state index in [0.717, 1.165) is 25.8 Å². The summed E-state index contributed by atoms with van der Waals surface area (Å²) in [7, 11) is 0. The van der Waals surface area contributed by atoms with Crippen molar-refractivity contribution in [1.82, 2.24) is 10.2 Å². The van der Waals surface area contributed by atoms with Crippen molar-refractivity contribution in [2.45, 2.75) is 51.1 Å². The largest absolute Gasteiger partial charge is 0.312 e. The summed E-state index contributed by atoms with van der Waals surface area (Å²) < 4.78 is 0. The number of likely N-dealkylation sites (tertiary alicyclic amines) is 1. The highest BCUT2D eigenvalue weighted by molar-refractivity contribution is 5.97. The van der Waals surface area contributed by atoms with E-state index >= 15 is 0 Å². The third kappa shape index (κ3) is 2.20. The molecule has 0 aliphatic carbocycles. The van der Waals surface area contributed by atoms with E-state index in [1.54, 1.807) is 0 Å². The number of imide groups is 1. The van der Waals surface area contributed by atoms with Gasteiger partial charge in [0.25, 0.3) is 0 Å². The SMILES string of the molecule is CC1CCC(N2C(=O)CCCC2=O)CN1. The van der Waals surface area contributed by atoms with E-state index in [4.69, 9.17) is 0 Å². The molecule has 2 fully saturated rings. The number of nitrogens with one attached hydrogen (secondary N) is 1. The summed E-state index contributed by atoms with van der Waals surface area (Å²) in [6.07, 6.45) is 3.80. The van der Waals surface area contributed by atoms with Crippen molar-refractivity contribution in [1.29, 1.82) is 0 Å². The quantitative estimate of drug-likeness (QED) is 0.647. The van der Waals surface area contributed by atoms with Crippen molar-refractivity contribution in [2.75, 3.05) is 6.54 Å². The third-order valence-electron chi connectivity index (χ3n) is 3.32. The van der Waals surface area contributed by atoms with Crippen LogP contribution < -0.4 is 5.32 Å². The molecule has 2 amide bonds. The van der Waals surface area contributed by atoms with Crippen LogP contribution in [0.3, 0.4) is 0 Å². The van der Waals surface area contributed by atoms with Crippen molar-refractivity contribution >= 4 is 11.8 Å². The number of hydrogen-bond acceptors (Lipinski definition) is 3. The summed E-state index contributed by atoms with van der Waals surface area (Å²) in [6.45, 7) is 2.90. The summed E-state index contributed by atoms with van der Waals surface area (Å²) >= 11 is 0. The minimum Gasteiger partial charge on any atom is -0.312 e. The van der Waals surface area contributed by atoms with Crippen LogP contribution in [0, 0.1) is 0 Å². The zero-order valence-electron chi connectivity index (χ0n) is 9.16. The van der Waals surface area contributed by atoms with E-state index < -0.39 is 0 Å². The molecular weight excluding hydrogens is 192 g/mol. The van der Waals surface area contributed by atoms with Gasteiger partial charge in [0.05, 0.1) is 6.04 Å². The van der Waals surface area contributed by atoms with Gasteiger partial charge in [-0.25, -0.2) is 0 Å². The third-order valence-corrected chi connectivity index (χ3v) is 3.32. The molecule has 0 aromatic rings. The Morgan fingerprint density at radius 2 is 1.87 bits per heavy atom. The smallest absolute Gasteiger partial charge is 0.229 e. The van der Waals surface area contributed by atoms with E-state index in [9.17, 15) is 9.59 Å². The van der Waals surface area contributed by atoms with Crippen LogP contribution in [0.15, 0.2) is 0 Å². The topological polar surface area (TPSA) is 49.4 Å². The van der Waals surface area contributed by atoms with Gasteiger partial charge in [-0.05, 0) is 26.2 Å². The van der Waals surface area contributed by atoms with E-state index in [1.807, 2.05) is 0 Å². The van der Waals surface area contributed by atoms with Gasteiger partial charge in [-0.15, -0.1) is 0 Å². The molecule has 0 bridgehead atoms. The molecule has 2 aliphatic rings. The van der Waals surface area contributed by atoms with Crippen LogP contribution in [0.25, 0.3) is 0 Å². The standard InChI is InChI=1S/C11H18N2O2/c1-8-5-6-9(7-12-8)13-10(14)3-2-4-11(13)15/h8-9,12H,2-7H2,1H3. The molecule has 2 rings (SSSR count). The first-order valence-corrected chi connectivity index (χ1v) is 5.77. The van der Waals surface area contributed by atoms with E-state index in [-0.39, 0.29) is 17.9 Å². The molecule has 15 heavy (non-hydrogen) atoms. The van der Waals surface area contributed by atoms with Gasteiger partial charge in [0, 0.05) is 25.4 Å². The molecule has 1 N–H and O–H groups in total. The molecule has 2 aliphatic heterocycles. The Balaban J connectivity index is 2.01. The first kappa shape index (κ1) is 10.6. The molecule has 2 heterocycles. The zero-order chi connectivity index (χ0) is 10.8. The lowest BCUT2D eigenvalue weighted by atomic mass is 9.98. The number of nitrogens with zero attached hydrogens (tertiary/aromatic N) is 1. The Bertz CT molecular complexity index is 254. The maximum atomic E-state index is 11.7. The minimum atomic E-state index is 0.0209. The normalized spacial score (nSPS) is 33.3. The highest BCUT2D eigenvalue weighted by Gasteiger charge is 2.33. The Labute approximate surface area is 90.0 Å². The second-order valence-corrected chi connectivity index (χ2v) is 4.55. The van der Waals surface area contributed by atoms with Gasteiger partial charge in [-0.3, -0.25) is 14.5 Å². The number of rotatable bonds is 1.